The first-order valence-electron chi connectivity index (χ1n) is 6.89. The zero-order valence-electron chi connectivity index (χ0n) is 11.8. The first-order chi connectivity index (χ1) is 10.3. The van der Waals surface area contributed by atoms with Crippen molar-refractivity contribution in [2.75, 3.05) is 29.2 Å². The fourth-order valence-electron chi connectivity index (χ4n) is 1.81. The van der Waals surface area contributed by atoms with Crippen molar-refractivity contribution in [1.82, 2.24) is 4.98 Å². The summed E-state index contributed by atoms with van der Waals surface area (Å²) in [6.45, 7) is 0.944. The number of nitrogens with two attached hydrogens (primary N) is 1. The minimum atomic E-state index is 0.204. The average molecular weight is 289 g/mol. The number of unbranched alkanes of at least 4 members (excludes halogenated alkanes) is 1. The third-order valence-corrected chi connectivity index (χ3v) is 2.90. The van der Waals surface area contributed by atoms with Gasteiger partial charge in [-0.15, -0.1) is 0 Å². The molecule has 0 aliphatic carbocycles. The number of rotatable bonds is 8. The Morgan fingerprint density at radius 3 is 2.71 bits per heavy atom. The van der Waals surface area contributed by atoms with Gasteiger partial charge in [0, 0.05) is 12.3 Å². The van der Waals surface area contributed by atoms with Gasteiger partial charge in [0.2, 0.25) is 5.82 Å². The van der Waals surface area contributed by atoms with Gasteiger partial charge >= 0.3 is 5.95 Å². The van der Waals surface area contributed by atoms with Crippen molar-refractivity contribution in [3.05, 3.63) is 36.5 Å². The zero-order valence-corrected chi connectivity index (χ0v) is 11.8. The van der Waals surface area contributed by atoms with Crippen molar-refractivity contribution in [3.63, 3.8) is 0 Å². The summed E-state index contributed by atoms with van der Waals surface area (Å²) in [4.78, 5) is 7.48. The van der Waals surface area contributed by atoms with Crippen LogP contribution in [0.3, 0.4) is 0 Å². The molecule has 0 fully saturated rings. The molecule has 0 saturated heterocycles. The topological polar surface area (TPSA) is 109 Å². The summed E-state index contributed by atoms with van der Waals surface area (Å²) in [7, 11) is 0. The highest BCUT2D eigenvalue weighted by Crippen LogP contribution is 2.21. The average Bonchev–Trinajstić information content (AvgIpc) is 2.53. The Labute approximate surface area is 123 Å². The number of nitrogens with zero attached hydrogens (tertiary/aromatic N) is 1. The third kappa shape index (κ3) is 4.59. The maximum atomic E-state index is 8.76. The number of hydrazine groups is 1. The normalized spacial score (nSPS) is 10.2. The molecule has 0 saturated carbocycles. The number of aromatic amines is 1. The van der Waals surface area contributed by atoms with Gasteiger partial charge in [0.15, 0.2) is 0 Å². The molecule has 0 spiro atoms. The van der Waals surface area contributed by atoms with E-state index in [0.29, 0.717) is 17.5 Å². The predicted molar refractivity (Wildman–Crippen MR) is 83.1 cm³/mol. The van der Waals surface area contributed by atoms with E-state index in [1.54, 1.807) is 6.20 Å². The van der Waals surface area contributed by atoms with Gasteiger partial charge in [-0.05, 0) is 25.0 Å². The maximum absolute atomic E-state index is 8.76. The molecule has 7 N–H and O–H groups in total. The molecule has 7 heteroatoms. The van der Waals surface area contributed by atoms with Crippen LogP contribution in [0.1, 0.15) is 12.8 Å². The van der Waals surface area contributed by atoms with Crippen LogP contribution < -0.4 is 26.9 Å². The Hall–Kier alpha value is -2.38. The first kappa shape index (κ1) is 15.0. The smallest absolute Gasteiger partial charge is 0.391 e. The molecule has 0 bridgehead atoms. The molecular weight excluding hydrogens is 268 g/mol. The van der Waals surface area contributed by atoms with Crippen LogP contribution >= 0.6 is 0 Å². The summed E-state index contributed by atoms with van der Waals surface area (Å²) in [5.41, 5.74) is 4.20. The maximum Gasteiger partial charge on any atom is 0.391 e. The lowest BCUT2D eigenvalue weighted by Gasteiger charge is -2.07. The van der Waals surface area contributed by atoms with Crippen LogP contribution in [0.4, 0.5) is 23.1 Å². The van der Waals surface area contributed by atoms with Crippen LogP contribution in [0.15, 0.2) is 36.5 Å². The summed E-state index contributed by atoms with van der Waals surface area (Å²) in [5, 5.41) is 15.1. The molecule has 0 amide bonds. The van der Waals surface area contributed by atoms with E-state index < -0.39 is 0 Å². The Morgan fingerprint density at radius 1 is 1.19 bits per heavy atom. The number of hydrogen-bond acceptors (Lipinski definition) is 6. The summed E-state index contributed by atoms with van der Waals surface area (Å²) in [6.07, 6.45) is 3.39. The lowest BCUT2D eigenvalue weighted by Crippen LogP contribution is -2.20. The molecule has 112 valence electrons. The number of nitrogens with one attached hydrogen (secondary N) is 4. The molecule has 0 atom stereocenters. The van der Waals surface area contributed by atoms with E-state index in [-0.39, 0.29) is 6.61 Å². The van der Waals surface area contributed by atoms with Gasteiger partial charge in [0.05, 0.1) is 12.7 Å². The number of nitrogen functional groups attached to an aromatic ring is 1. The monoisotopic (exact) mass is 289 g/mol. The molecule has 2 aromatic rings. The number of hydrogen-bond donors (Lipinski definition) is 5. The van der Waals surface area contributed by atoms with E-state index in [2.05, 4.69) is 26.0 Å². The van der Waals surface area contributed by atoms with Crippen LogP contribution in [0.2, 0.25) is 0 Å². The second-order valence-electron chi connectivity index (χ2n) is 4.50. The van der Waals surface area contributed by atoms with Gasteiger partial charge in [-0.1, -0.05) is 23.2 Å². The molecular formula is C14H21N6O+. The number of benzene rings is 1. The fourth-order valence-corrected chi connectivity index (χ4v) is 1.81. The molecule has 0 radical (unpaired) electrons. The van der Waals surface area contributed by atoms with Crippen LogP contribution in [-0.2, 0) is 0 Å². The molecule has 7 nitrogen and oxygen atoms in total. The van der Waals surface area contributed by atoms with Gasteiger partial charge in [-0.25, -0.2) is 4.98 Å². The summed E-state index contributed by atoms with van der Waals surface area (Å²) < 4.78 is 0. The van der Waals surface area contributed by atoms with Crippen molar-refractivity contribution in [1.29, 1.82) is 0 Å². The van der Waals surface area contributed by atoms with Crippen molar-refractivity contribution >= 4 is 23.1 Å². The second kappa shape index (κ2) is 8.03. The standard InChI is InChI=1S/C14H20N6O/c15-20-12-10-17-14(16-8-4-5-9-21)19-13(12)18-11-6-2-1-3-7-11/h1-3,6-7,10,20-21H,4-5,8-9,15H2,(H2,16,17,18,19)/p+1. The van der Waals surface area contributed by atoms with Crippen molar-refractivity contribution in [2.45, 2.75) is 12.8 Å². The number of para-hydroxylation sites is 1. The van der Waals surface area contributed by atoms with E-state index in [1.165, 1.54) is 0 Å². The largest absolute Gasteiger partial charge is 0.396 e. The van der Waals surface area contributed by atoms with Crippen LogP contribution in [0, 0.1) is 0 Å². The lowest BCUT2D eigenvalue weighted by molar-refractivity contribution is -0.363. The molecule has 1 heterocycles. The molecule has 1 aromatic carbocycles. The molecule has 0 aliphatic heterocycles. The SMILES string of the molecule is NNc1c[nH+]c(NCCCCO)nc1Nc1ccccc1. The van der Waals surface area contributed by atoms with Crippen molar-refractivity contribution < 1.29 is 10.1 Å². The predicted octanol–water partition coefficient (Wildman–Crippen LogP) is 1.11. The third-order valence-electron chi connectivity index (χ3n) is 2.90. The van der Waals surface area contributed by atoms with Crippen molar-refractivity contribution in [2.24, 2.45) is 5.84 Å². The van der Waals surface area contributed by atoms with Gasteiger partial charge in [0.25, 0.3) is 0 Å². The van der Waals surface area contributed by atoms with Crippen LogP contribution in [0.5, 0.6) is 0 Å². The molecule has 0 unspecified atom stereocenters. The van der Waals surface area contributed by atoms with E-state index in [1.807, 2.05) is 30.3 Å². The Morgan fingerprint density at radius 2 is 2.00 bits per heavy atom. The molecule has 0 aliphatic rings. The van der Waals surface area contributed by atoms with E-state index in [0.717, 1.165) is 25.1 Å². The van der Waals surface area contributed by atoms with Gasteiger partial charge in [-0.3, -0.25) is 11.2 Å². The highest BCUT2D eigenvalue weighted by molar-refractivity contribution is 5.69. The minimum absolute atomic E-state index is 0.204. The van der Waals surface area contributed by atoms with Crippen LogP contribution in [0.25, 0.3) is 0 Å². The van der Waals surface area contributed by atoms with E-state index in [4.69, 9.17) is 10.9 Å². The molecule has 1 aromatic heterocycles. The summed E-state index contributed by atoms with van der Waals surface area (Å²) in [6, 6.07) is 9.75. The first-order valence-corrected chi connectivity index (χ1v) is 6.89. The second-order valence-corrected chi connectivity index (χ2v) is 4.50. The number of H-pyrrole nitrogens is 1. The zero-order chi connectivity index (χ0) is 14.9. The Kier molecular flexibility index (Phi) is 5.74. The number of anilines is 4. The summed E-state index contributed by atoms with van der Waals surface area (Å²) in [5.74, 6) is 6.77. The molecule has 21 heavy (non-hydrogen) atoms. The lowest BCUT2D eigenvalue weighted by atomic mass is 10.3. The van der Waals surface area contributed by atoms with Gasteiger partial charge < -0.3 is 15.8 Å². The van der Waals surface area contributed by atoms with Crippen molar-refractivity contribution in [3.8, 4) is 0 Å². The number of aliphatic hydroxyl groups excluding tert-OH is 1. The van der Waals surface area contributed by atoms with Gasteiger partial charge in [0.1, 0.15) is 5.69 Å². The minimum Gasteiger partial charge on any atom is -0.396 e. The van der Waals surface area contributed by atoms with E-state index >= 15 is 0 Å². The number of aliphatic hydroxyl groups is 1. The fraction of sp³-hybridized carbons (Fsp3) is 0.286. The van der Waals surface area contributed by atoms with E-state index in [9.17, 15) is 0 Å². The highest BCUT2D eigenvalue weighted by Gasteiger charge is 2.12. The number of aromatic nitrogens is 2. The van der Waals surface area contributed by atoms with Crippen LogP contribution in [-0.4, -0.2) is 23.2 Å². The quantitative estimate of drug-likeness (QED) is 0.283. The van der Waals surface area contributed by atoms with Gasteiger partial charge in [-0.2, -0.15) is 0 Å². The molecule has 2 rings (SSSR count). The summed E-state index contributed by atoms with van der Waals surface area (Å²) >= 11 is 0. The Balaban J connectivity index is 2.07. The highest BCUT2D eigenvalue weighted by atomic mass is 16.2. The Bertz CT molecular complexity index is 548.